The van der Waals surface area contributed by atoms with Gasteiger partial charge in [0.05, 0.1) is 32.8 Å². The van der Waals surface area contributed by atoms with Crippen LogP contribution in [0.25, 0.3) is 11.2 Å². The van der Waals surface area contributed by atoms with E-state index in [1.165, 1.54) is 6.33 Å². The summed E-state index contributed by atoms with van der Waals surface area (Å²) < 4.78 is 31.1. The SMILES string of the molecule is CCOC(=O)C1(NP(OCC2CC(C)C(n3cnc4c(OC)ncnc43)O2)Oc2ccc(Cl)cc2)CC1. The van der Waals surface area contributed by atoms with Gasteiger partial charge in [0.25, 0.3) is 0 Å². The molecule has 1 saturated carbocycles. The first-order chi connectivity index (χ1) is 17.9. The molecule has 1 aromatic carbocycles. The zero-order valence-corrected chi connectivity index (χ0v) is 22.4. The lowest BCUT2D eigenvalue weighted by Crippen LogP contribution is -2.39. The number of nitrogens with one attached hydrogen (secondary N) is 1. The molecule has 1 saturated heterocycles. The second kappa shape index (κ2) is 11.0. The van der Waals surface area contributed by atoms with Gasteiger partial charge in [-0.1, -0.05) is 18.5 Å². The van der Waals surface area contributed by atoms with Gasteiger partial charge in [-0.05, 0) is 50.5 Å². The van der Waals surface area contributed by atoms with Crippen LogP contribution in [0.5, 0.6) is 11.6 Å². The van der Waals surface area contributed by atoms with Gasteiger partial charge in [-0.2, -0.15) is 4.98 Å². The van der Waals surface area contributed by atoms with Crippen molar-refractivity contribution in [1.29, 1.82) is 0 Å². The van der Waals surface area contributed by atoms with Crippen molar-refractivity contribution in [2.45, 2.75) is 51.0 Å². The number of carbonyl (C=O) groups is 1. The molecule has 3 heterocycles. The Hall–Kier alpha value is -2.56. The van der Waals surface area contributed by atoms with Crippen molar-refractivity contribution < 1.29 is 28.1 Å². The van der Waals surface area contributed by atoms with Gasteiger partial charge < -0.3 is 23.3 Å². The molecule has 3 aromatic rings. The molecule has 0 bridgehead atoms. The Balaban J connectivity index is 1.27. The number of fused-ring (bicyclic) bond motifs is 1. The zero-order chi connectivity index (χ0) is 26.0. The van der Waals surface area contributed by atoms with Gasteiger partial charge in [0, 0.05) is 10.9 Å². The fourth-order valence-electron chi connectivity index (χ4n) is 4.29. The van der Waals surface area contributed by atoms with E-state index < -0.39 is 14.1 Å². The minimum atomic E-state index is -1.67. The molecule has 4 unspecified atom stereocenters. The van der Waals surface area contributed by atoms with Gasteiger partial charge in [0.1, 0.15) is 23.8 Å². The van der Waals surface area contributed by atoms with Gasteiger partial charge in [0.2, 0.25) is 5.88 Å². The Morgan fingerprint density at radius 2 is 2.05 bits per heavy atom. The third-order valence-electron chi connectivity index (χ3n) is 6.35. The van der Waals surface area contributed by atoms with Crippen LogP contribution in [0.15, 0.2) is 36.9 Å². The predicted octanol–water partition coefficient (Wildman–Crippen LogP) is 4.42. The summed E-state index contributed by atoms with van der Waals surface area (Å²) in [5, 5.41) is 3.88. The molecule has 1 N–H and O–H groups in total. The number of methoxy groups -OCH3 is 1. The van der Waals surface area contributed by atoms with Crippen LogP contribution in [0.4, 0.5) is 0 Å². The van der Waals surface area contributed by atoms with Gasteiger partial charge in [-0.3, -0.25) is 9.36 Å². The molecule has 1 aliphatic heterocycles. The summed E-state index contributed by atoms with van der Waals surface area (Å²) in [5.74, 6) is 0.888. The number of aromatic nitrogens is 4. The Kier molecular flexibility index (Phi) is 7.78. The standard InChI is InChI=1S/C24H29ClN5O6P/c1-4-33-23(31)24(9-10-24)29-37(36-17-7-5-16(25)6-8-17)34-12-18-11-15(2)22(35-18)30-14-28-19-20(30)26-13-27-21(19)32-3/h5-8,13-15,18,22,29H,4,9-12H2,1-3H3. The van der Waals surface area contributed by atoms with Crippen LogP contribution >= 0.6 is 20.1 Å². The average molecular weight is 550 g/mol. The first-order valence-corrected chi connectivity index (χ1v) is 13.7. The maximum absolute atomic E-state index is 12.5. The summed E-state index contributed by atoms with van der Waals surface area (Å²) in [6.07, 6.45) is 4.76. The number of hydrogen-bond acceptors (Lipinski definition) is 10. The van der Waals surface area contributed by atoms with Crippen LogP contribution in [-0.2, 0) is 18.8 Å². The van der Waals surface area contributed by atoms with Gasteiger partial charge in [-0.25, -0.2) is 15.1 Å². The van der Waals surface area contributed by atoms with E-state index in [4.69, 9.17) is 34.9 Å². The van der Waals surface area contributed by atoms with Gasteiger partial charge in [-0.15, -0.1) is 0 Å². The Bertz CT molecular complexity index is 1240. The highest BCUT2D eigenvalue weighted by Crippen LogP contribution is 2.47. The lowest BCUT2D eigenvalue weighted by atomic mass is 10.1. The molecule has 5 rings (SSSR count). The second-order valence-electron chi connectivity index (χ2n) is 9.08. The summed E-state index contributed by atoms with van der Waals surface area (Å²) in [4.78, 5) is 25.5. The fraction of sp³-hybridized carbons (Fsp3) is 0.500. The van der Waals surface area contributed by atoms with E-state index in [0.29, 0.717) is 47.3 Å². The lowest BCUT2D eigenvalue weighted by molar-refractivity contribution is -0.146. The first kappa shape index (κ1) is 26.1. The van der Waals surface area contributed by atoms with Crippen LogP contribution < -0.4 is 14.3 Å². The van der Waals surface area contributed by atoms with E-state index in [0.717, 1.165) is 6.42 Å². The molecule has 13 heteroatoms. The van der Waals surface area contributed by atoms with Crippen LogP contribution in [0, 0.1) is 5.92 Å². The van der Waals surface area contributed by atoms with Crippen LogP contribution in [-0.4, -0.2) is 57.5 Å². The van der Waals surface area contributed by atoms with Crippen LogP contribution in [0.3, 0.4) is 0 Å². The first-order valence-electron chi connectivity index (χ1n) is 12.1. The molecule has 0 spiro atoms. The minimum absolute atomic E-state index is 0.178. The number of benzene rings is 1. The highest BCUT2D eigenvalue weighted by Gasteiger charge is 2.54. The highest BCUT2D eigenvalue weighted by atomic mass is 35.5. The maximum atomic E-state index is 12.5. The molecule has 0 amide bonds. The third kappa shape index (κ3) is 5.66. The molecule has 2 fully saturated rings. The van der Waals surface area contributed by atoms with E-state index in [-0.39, 0.29) is 30.8 Å². The van der Waals surface area contributed by atoms with E-state index >= 15 is 0 Å². The summed E-state index contributed by atoms with van der Waals surface area (Å²) in [6.45, 7) is 4.49. The van der Waals surface area contributed by atoms with Crippen molar-refractivity contribution in [2.75, 3.05) is 20.3 Å². The molecular weight excluding hydrogens is 521 g/mol. The van der Waals surface area contributed by atoms with E-state index in [2.05, 4.69) is 27.0 Å². The van der Waals surface area contributed by atoms with Crippen molar-refractivity contribution >= 4 is 37.3 Å². The molecule has 37 heavy (non-hydrogen) atoms. The van der Waals surface area contributed by atoms with Crippen LogP contribution in [0.1, 0.15) is 39.3 Å². The quantitative estimate of drug-likeness (QED) is 0.272. The molecule has 0 radical (unpaired) electrons. The largest absolute Gasteiger partial charge is 0.479 e. The number of esters is 1. The maximum Gasteiger partial charge on any atom is 0.326 e. The van der Waals surface area contributed by atoms with E-state index in [1.807, 2.05) is 4.57 Å². The number of rotatable bonds is 11. The van der Waals surface area contributed by atoms with E-state index in [1.54, 1.807) is 44.6 Å². The second-order valence-corrected chi connectivity index (χ2v) is 10.7. The molecule has 198 valence electrons. The topological polar surface area (TPSA) is 119 Å². The smallest absolute Gasteiger partial charge is 0.326 e. The molecule has 1 aliphatic carbocycles. The number of halogens is 1. The van der Waals surface area contributed by atoms with Gasteiger partial charge in [0.15, 0.2) is 11.2 Å². The summed E-state index contributed by atoms with van der Waals surface area (Å²) in [5.41, 5.74) is 0.443. The van der Waals surface area contributed by atoms with Crippen molar-refractivity contribution in [3.8, 4) is 11.6 Å². The summed E-state index contributed by atoms with van der Waals surface area (Å²) in [7, 11) is -0.120. The number of ether oxygens (including phenoxy) is 3. The highest BCUT2D eigenvalue weighted by molar-refractivity contribution is 7.45. The summed E-state index contributed by atoms with van der Waals surface area (Å²) in [6, 6.07) is 7.00. The summed E-state index contributed by atoms with van der Waals surface area (Å²) >= 11 is 6.01. The Morgan fingerprint density at radius 3 is 2.76 bits per heavy atom. The molecule has 2 aromatic heterocycles. The number of hydrogen-bond donors (Lipinski definition) is 1. The predicted molar refractivity (Wildman–Crippen MR) is 136 cm³/mol. The lowest BCUT2D eigenvalue weighted by Gasteiger charge is -2.24. The normalized spacial score (nSPS) is 23.1. The number of carbonyl (C=O) groups excluding carboxylic acids is 1. The van der Waals surface area contributed by atoms with Crippen molar-refractivity contribution in [3.05, 3.63) is 41.9 Å². The molecular formula is C24H29ClN5O6P. The monoisotopic (exact) mass is 549 g/mol. The zero-order valence-electron chi connectivity index (χ0n) is 20.8. The van der Waals surface area contributed by atoms with Gasteiger partial charge >= 0.3 is 14.5 Å². The van der Waals surface area contributed by atoms with Crippen molar-refractivity contribution in [2.24, 2.45) is 5.92 Å². The third-order valence-corrected chi connectivity index (χ3v) is 7.97. The average Bonchev–Trinajstić information content (AvgIpc) is 3.40. The minimum Gasteiger partial charge on any atom is -0.479 e. The molecule has 4 atom stereocenters. The van der Waals surface area contributed by atoms with Crippen molar-refractivity contribution in [3.63, 3.8) is 0 Å². The number of imidazole rings is 1. The van der Waals surface area contributed by atoms with Crippen LogP contribution in [0.2, 0.25) is 5.02 Å². The molecule has 2 aliphatic rings. The Morgan fingerprint density at radius 1 is 1.27 bits per heavy atom. The molecule has 11 nitrogen and oxygen atoms in total. The fourth-order valence-corrected chi connectivity index (χ4v) is 5.85. The van der Waals surface area contributed by atoms with Crippen molar-refractivity contribution in [1.82, 2.24) is 24.6 Å². The number of nitrogens with zero attached hydrogens (tertiary/aromatic N) is 4. The van der Waals surface area contributed by atoms with E-state index in [9.17, 15) is 4.79 Å². The Labute approximate surface area is 220 Å².